The minimum Gasteiger partial charge on any atom is -0.393 e. The number of aliphatic hydroxyl groups excluding tert-OH is 1. The molecule has 1 aromatic carbocycles. The number of carbonyl (C=O) groups excluding carboxylic acids is 2. The first-order valence-corrected chi connectivity index (χ1v) is 11.0. The molecule has 0 aromatic heterocycles. The number of halogens is 1. The lowest BCUT2D eigenvalue weighted by atomic mass is 10.0. The first-order valence-electron chi connectivity index (χ1n) is 11.0. The lowest BCUT2D eigenvalue weighted by Crippen LogP contribution is -2.58. The summed E-state index contributed by atoms with van der Waals surface area (Å²) in [5, 5.41) is 16.1. The Hall–Kier alpha value is -2.03. The number of aliphatic hydroxyl groups is 1. The van der Waals surface area contributed by atoms with Crippen molar-refractivity contribution in [2.75, 3.05) is 26.2 Å². The van der Waals surface area contributed by atoms with Crippen LogP contribution in [0.25, 0.3) is 0 Å². The molecule has 3 heterocycles. The summed E-state index contributed by atoms with van der Waals surface area (Å²) in [5.41, 5.74) is 1.01. The lowest BCUT2D eigenvalue weighted by Gasteiger charge is -2.37. The van der Waals surface area contributed by atoms with Crippen LogP contribution in [0.15, 0.2) is 24.3 Å². The summed E-state index contributed by atoms with van der Waals surface area (Å²) in [6.07, 6.45) is 2.95. The second-order valence-electron chi connectivity index (χ2n) is 8.70. The van der Waals surface area contributed by atoms with Gasteiger partial charge in [-0.2, -0.15) is 0 Å². The summed E-state index contributed by atoms with van der Waals surface area (Å²) in [6, 6.07) is 6.64. The van der Waals surface area contributed by atoms with Crippen molar-refractivity contribution in [1.29, 1.82) is 0 Å². The molecule has 1 aromatic rings. The fourth-order valence-corrected chi connectivity index (χ4v) is 4.82. The molecule has 7 nitrogen and oxygen atoms in total. The number of nitrogens with one attached hydrogen (secondary N) is 2. The highest BCUT2D eigenvalue weighted by Gasteiger charge is 2.43. The number of piperidine rings is 1. The summed E-state index contributed by atoms with van der Waals surface area (Å²) < 4.78 is 13.1. The Morgan fingerprint density at radius 3 is 2.70 bits per heavy atom. The molecule has 3 N–H and O–H groups in total. The summed E-state index contributed by atoms with van der Waals surface area (Å²) in [6.45, 7) is 3.24. The van der Waals surface area contributed by atoms with Crippen molar-refractivity contribution in [3.63, 3.8) is 0 Å². The third-order valence-electron chi connectivity index (χ3n) is 6.64. The topological polar surface area (TPSA) is 84.9 Å². The standard InChI is InChI=1S/C22H31FN4O3/c23-16-3-1-15(2-4-16)12-24-17-11-20-22(30)25-13-18(27(20)14-17)5-6-21(29)26-9-7-19(28)8-10-26/h1-4,17-20,24,28H,5-14H2,(H,25,30)/t17-,18-,20-/m1/s1. The molecule has 0 saturated carbocycles. The maximum atomic E-state index is 13.1. The number of nitrogens with zero attached hydrogens (tertiary/aromatic N) is 2. The fourth-order valence-electron chi connectivity index (χ4n) is 4.82. The van der Waals surface area contributed by atoms with Gasteiger partial charge in [0.25, 0.3) is 0 Å². The smallest absolute Gasteiger partial charge is 0.237 e. The molecule has 3 aliphatic rings. The minimum absolute atomic E-state index is 0.0636. The largest absolute Gasteiger partial charge is 0.393 e. The van der Waals surface area contributed by atoms with Gasteiger partial charge in [-0.15, -0.1) is 0 Å². The van der Waals surface area contributed by atoms with Crippen LogP contribution in [-0.4, -0.2) is 77.1 Å². The monoisotopic (exact) mass is 418 g/mol. The number of carbonyl (C=O) groups is 2. The van der Waals surface area contributed by atoms with E-state index in [9.17, 15) is 19.1 Å². The van der Waals surface area contributed by atoms with Gasteiger partial charge in [0.05, 0.1) is 12.1 Å². The van der Waals surface area contributed by atoms with Gasteiger partial charge in [-0.25, -0.2) is 4.39 Å². The van der Waals surface area contributed by atoms with Gasteiger partial charge in [-0.3, -0.25) is 14.5 Å². The number of piperazine rings is 1. The first kappa shape index (κ1) is 21.2. The van der Waals surface area contributed by atoms with Crippen molar-refractivity contribution >= 4 is 11.8 Å². The van der Waals surface area contributed by atoms with E-state index in [2.05, 4.69) is 15.5 Å². The van der Waals surface area contributed by atoms with E-state index in [0.29, 0.717) is 45.4 Å². The van der Waals surface area contributed by atoms with Crippen molar-refractivity contribution in [1.82, 2.24) is 20.4 Å². The van der Waals surface area contributed by atoms with E-state index in [1.54, 1.807) is 12.1 Å². The van der Waals surface area contributed by atoms with Crippen LogP contribution >= 0.6 is 0 Å². The average Bonchev–Trinajstić information content (AvgIpc) is 3.18. The van der Waals surface area contributed by atoms with Gasteiger partial charge >= 0.3 is 0 Å². The van der Waals surface area contributed by atoms with E-state index in [-0.39, 0.29) is 41.9 Å². The molecular weight excluding hydrogens is 387 g/mol. The Morgan fingerprint density at radius 2 is 1.97 bits per heavy atom. The van der Waals surface area contributed by atoms with Crippen LogP contribution in [0.1, 0.15) is 37.7 Å². The normalized spacial score (nSPS) is 27.7. The number of hydrogen-bond acceptors (Lipinski definition) is 5. The molecule has 0 radical (unpaired) electrons. The Morgan fingerprint density at radius 1 is 1.23 bits per heavy atom. The molecule has 0 bridgehead atoms. The van der Waals surface area contributed by atoms with E-state index >= 15 is 0 Å². The van der Waals surface area contributed by atoms with Crippen molar-refractivity contribution in [2.24, 2.45) is 0 Å². The van der Waals surface area contributed by atoms with Crippen molar-refractivity contribution in [2.45, 2.75) is 62.9 Å². The second kappa shape index (κ2) is 9.41. The molecule has 4 rings (SSSR count). The predicted molar refractivity (Wildman–Crippen MR) is 110 cm³/mol. The van der Waals surface area contributed by atoms with E-state index in [1.165, 1.54) is 12.1 Å². The molecule has 3 fully saturated rings. The molecule has 164 valence electrons. The zero-order chi connectivity index (χ0) is 21.1. The number of benzene rings is 1. The third kappa shape index (κ3) is 4.99. The molecule has 3 saturated heterocycles. The number of hydrogen-bond donors (Lipinski definition) is 3. The number of likely N-dealkylation sites (tertiary alicyclic amines) is 1. The van der Waals surface area contributed by atoms with Crippen molar-refractivity contribution < 1.29 is 19.1 Å². The van der Waals surface area contributed by atoms with Crippen LogP contribution in [0, 0.1) is 5.82 Å². The average molecular weight is 419 g/mol. The SMILES string of the molecule is O=C1NC[C@@H](CCC(=O)N2CCC(O)CC2)N2C[C@H](NCc3ccc(F)cc3)C[C@H]12. The number of amides is 2. The quantitative estimate of drug-likeness (QED) is 0.631. The molecule has 2 amide bonds. The zero-order valence-corrected chi connectivity index (χ0v) is 17.2. The van der Waals surface area contributed by atoms with Crippen LogP contribution in [0.4, 0.5) is 4.39 Å². The summed E-state index contributed by atoms with van der Waals surface area (Å²) >= 11 is 0. The maximum absolute atomic E-state index is 13.1. The summed E-state index contributed by atoms with van der Waals surface area (Å²) in [5.74, 6) is -0.0410. The number of fused-ring (bicyclic) bond motifs is 1. The predicted octanol–water partition coefficient (Wildman–Crippen LogP) is 0.620. The Kier molecular flexibility index (Phi) is 6.65. The van der Waals surface area contributed by atoms with E-state index in [4.69, 9.17) is 0 Å². The molecule has 8 heteroatoms. The Balaban J connectivity index is 1.28. The summed E-state index contributed by atoms with van der Waals surface area (Å²) in [4.78, 5) is 29.0. The molecular formula is C22H31FN4O3. The third-order valence-corrected chi connectivity index (χ3v) is 6.64. The van der Waals surface area contributed by atoms with Crippen LogP contribution in [0.5, 0.6) is 0 Å². The Bertz CT molecular complexity index is 751. The van der Waals surface area contributed by atoms with E-state index in [0.717, 1.165) is 24.9 Å². The zero-order valence-electron chi connectivity index (χ0n) is 17.2. The van der Waals surface area contributed by atoms with E-state index in [1.807, 2.05) is 4.90 Å². The van der Waals surface area contributed by atoms with E-state index < -0.39 is 0 Å². The van der Waals surface area contributed by atoms with Gasteiger partial charge < -0.3 is 20.6 Å². The Labute approximate surface area is 176 Å². The minimum atomic E-state index is -0.285. The lowest BCUT2D eigenvalue weighted by molar-refractivity contribution is -0.134. The molecule has 0 spiro atoms. The van der Waals surface area contributed by atoms with Gasteiger partial charge in [0.15, 0.2) is 0 Å². The highest BCUT2D eigenvalue weighted by atomic mass is 19.1. The second-order valence-corrected chi connectivity index (χ2v) is 8.70. The maximum Gasteiger partial charge on any atom is 0.237 e. The van der Waals surface area contributed by atoms with Crippen LogP contribution in [-0.2, 0) is 16.1 Å². The van der Waals surface area contributed by atoms with Crippen LogP contribution in [0.3, 0.4) is 0 Å². The number of rotatable bonds is 6. The van der Waals surface area contributed by atoms with Gasteiger partial charge in [-0.1, -0.05) is 12.1 Å². The molecule has 0 unspecified atom stereocenters. The molecule has 3 aliphatic heterocycles. The highest BCUT2D eigenvalue weighted by Crippen LogP contribution is 2.26. The molecule has 30 heavy (non-hydrogen) atoms. The van der Waals surface area contributed by atoms with Gasteiger partial charge in [0.2, 0.25) is 11.8 Å². The molecule has 0 aliphatic carbocycles. The fraction of sp³-hybridized carbons (Fsp3) is 0.636. The van der Waals surface area contributed by atoms with Crippen molar-refractivity contribution in [3.05, 3.63) is 35.6 Å². The van der Waals surface area contributed by atoms with Gasteiger partial charge in [0, 0.05) is 51.2 Å². The van der Waals surface area contributed by atoms with Gasteiger partial charge in [-0.05, 0) is 43.4 Å². The first-order chi connectivity index (χ1) is 14.5. The summed E-state index contributed by atoms with van der Waals surface area (Å²) in [7, 11) is 0. The van der Waals surface area contributed by atoms with Gasteiger partial charge in [0.1, 0.15) is 5.82 Å². The highest BCUT2D eigenvalue weighted by molar-refractivity contribution is 5.83. The molecule has 3 atom stereocenters. The van der Waals surface area contributed by atoms with Crippen molar-refractivity contribution in [3.8, 4) is 0 Å². The van der Waals surface area contributed by atoms with Crippen LogP contribution < -0.4 is 10.6 Å². The van der Waals surface area contributed by atoms with Crippen LogP contribution in [0.2, 0.25) is 0 Å².